The van der Waals surface area contributed by atoms with Crippen molar-refractivity contribution in [3.8, 4) is 0 Å². The average molecular weight is 253 g/mol. The minimum atomic E-state index is -0.429. The van der Waals surface area contributed by atoms with Crippen LogP contribution in [0.5, 0.6) is 0 Å². The number of hydrogen-bond donors (Lipinski definition) is 2. The highest BCUT2D eigenvalue weighted by atomic mass is 19.1. The highest BCUT2D eigenvalue weighted by molar-refractivity contribution is 5.94. The maximum Gasteiger partial charge on any atom is 0.251 e. The molecule has 1 amide bonds. The summed E-state index contributed by atoms with van der Waals surface area (Å²) in [5.41, 5.74) is 0.0113. The number of halogens is 1. The number of rotatable bonds is 6. The molecule has 1 aromatic rings. The van der Waals surface area contributed by atoms with E-state index in [0.717, 1.165) is 12.8 Å². The number of aliphatic hydroxyl groups is 1. The first-order chi connectivity index (χ1) is 8.56. The molecule has 0 aromatic heterocycles. The van der Waals surface area contributed by atoms with E-state index in [-0.39, 0.29) is 17.9 Å². The summed E-state index contributed by atoms with van der Waals surface area (Å²) < 4.78 is 13.0. The lowest BCUT2D eigenvalue weighted by atomic mass is 9.83. The first-order valence-electron chi connectivity index (χ1n) is 6.21. The Bertz CT molecular complexity index is 394. The number of amides is 1. The molecule has 0 bridgehead atoms. The van der Waals surface area contributed by atoms with Gasteiger partial charge in [-0.2, -0.15) is 0 Å². The summed E-state index contributed by atoms with van der Waals surface area (Å²) >= 11 is 0. The fourth-order valence-corrected chi connectivity index (χ4v) is 1.78. The fourth-order valence-electron chi connectivity index (χ4n) is 1.78. The summed E-state index contributed by atoms with van der Waals surface area (Å²) in [6, 6.07) is 5.57. The van der Waals surface area contributed by atoms with Crippen LogP contribution >= 0.6 is 0 Å². The van der Waals surface area contributed by atoms with E-state index in [0.29, 0.717) is 12.1 Å². The molecule has 0 spiro atoms. The van der Waals surface area contributed by atoms with Crippen LogP contribution in [0.25, 0.3) is 0 Å². The Morgan fingerprint density at radius 1 is 1.39 bits per heavy atom. The standard InChI is InChI=1S/C14H20FNO2/c1-3-14(4-2,10-17)9-16-13(18)11-6-5-7-12(15)8-11/h5-8,17H,3-4,9-10H2,1-2H3,(H,16,18). The van der Waals surface area contributed by atoms with E-state index < -0.39 is 5.82 Å². The zero-order chi connectivity index (χ0) is 13.6. The lowest BCUT2D eigenvalue weighted by Gasteiger charge is -2.29. The second-order valence-corrected chi connectivity index (χ2v) is 4.56. The summed E-state index contributed by atoms with van der Waals surface area (Å²) in [4.78, 5) is 11.8. The molecule has 100 valence electrons. The second kappa shape index (κ2) is 6.50. The average Bonchev–Trinajstić information content (AvgIpc) is 2.40. The molecule has 0 fully saturated rings. The quantitative estimate of drug-likeness (QED) is 0.817. The van der Waals surface area contributed by atoms with Crippen molar-refractivity contribution in [3.63, 3.8) is 0 Å². The zero-order valence-electron chi connectivity index (χ0n) is 10.9. The Kier molecular flexibility index (Phi) is 5.28. The van der Waals surface area contributed by atoms with Gasteiger partial charge in [0.2, 0.25) is 0 Å². The lowest BCUT2D eigenvalue weighted by Crippen LogP contribution is -2.39. The molecule has 18 heavy (non-hydrogen) atoms. The van der Waals surface area contributed by atoms with Gasteiger partial charge >= 0.3 is 0 Å². The van der Waals surface area contributed by atoms with Crippen LogP contribution in [0, 0.1) is 11.2 Å². The van der Waals surface area contributed by atoms with Crippen LogP contribution in [-0.4, -0.2) is 24.2 Å². The van der Waals surface area contributed by atoms with E-state index in [2.05, 4.69) is 5.32 Å². The molecule has 3 nitrogen and oxygen atoms in total. The van der Waals surface area contributed by atoms with Crippen LogP contribution in [-0.2, 0) is 0 Å². The SMILES string of the molecule is CCC(CC)(CO)CNC(=O)c1cccc(F)c1. The Balaban J connectivity index is 2.66. The molecule has 2 N–H and O–H groups in total. The van der Waals surface area contributed by atoms with Gasteiger partial charge in [0.25, 0.3) is 5.91 Å². The minimum absolute atomic E-state index is 0.0312. The number of carbonyl (C=O) groups is 1. The van der Waals surface area contributed by atoms with Gasteiger partial charge in [-0.15, -0.1) is 0 Å². The van der Waals surface area contributed by atoms with Crippen LogP contribution in [0.15, 0.2) is 24.3 Å². The minimum Gasteiger partial charge on any atom is -0.396 e. The molecule has 0 aliphatic rings. The number of aliphatic hydroxyl groups excluding tert-OH is 1. The van der Waals surface area contributed by atoms with Gasteiger partial charge in [-0.3, -0.25) is 4.79 Å². The molecular formula is C14H20FNO2. The molecule has 0 aliphatic heterocycles. The molecule has 0 radical (unpaired) electrons. The topological polar surface area (TPSA) is 49.3 Å². The summed E-state index contributed by atoms with van der Waals surface area (Å²) in [7, 11) is 0. The van der Waals surface area contributed by atoms with E-state index in [1.807, 2.05) is 13.8 Å². The van der Waals surface area contributed by atoms with Gasteiger partial charge in [0.1, 0.15) is 5.82 Å². The van der Waals surface area contributed by atoms with E-state index in [4.69, 9.17) is 0 Å². The van der Waals surface area contributed by atoms with Crippen LogP contribution < -0.4 is 5.32 Å². The van der Waals surface area contributed by atoms with Crippen molar-refractivity contribution in [1.29, 1.82) is 0 Å². The van der Waals surface area contributed by atoms with Crippen LogP contribution in [0.2, 0.25) is 0 Å². The van der Waals surface area contributed by atoms with Crippen LogP contribution in [0.1, 0.15) is 37.0 Å². The highest BCUT2D eigenvalue weighted by Crippen LogP contribution is 2.24. The van der Waals surface area contributed by atoms with Crippen molar-refractivity contribution in [2.45, 2.75) is 26.7 Å². The molecule has 0 atom stereocenters. The van der Waals surface area contributed by atoms with E-state index in [1.165, 1.54) is 18.2 Å². The van der Waals surface area contributed by atoms with Crippen molar-refractivity contribution in [2.24, 2.45) is 5.41 Å². The van der Waals surface area contributed by atoms with Crippen LogP contribution in [0.3, 0.4) is 0 Å². The molecule has 1 rings (SSSR count). The largest absolute Gasteiger partial charge is 0.396 e. The molecule has 4 heteroatoms. The Morgan fingerprint density at radius 2 is 2.06 bits per heavy atom. The maximum absolute atomic E-state index is 13.0. The number of benzene rings is 1. The smallest absolute Gasteiger partial charge is 0.251 e. The summed E-state index contributed by atoms with van der Waals surface area (Å²) in [6.07, 6.45) is 1.56. The predicted molar refractivity (Wildman–Crippen MR) is 68.8 cm³/mol. The van der Waals surface area contributed by atoms with Crippen molar-refractivity contribution in [1.82, 2.24) is 5.32 Å². The van der Waals surface area contributed by atoms with Crippen molar-refractivity contribution < 1.29 is 14.3 Å². The molecule has 0 saturated carbocycles. The van der Waals surface area contributed by atoms with Crippen molar-refractivity contribution in [2.75, 3.05) is 13.2 Å². The third-order valence-electron chi connectivity index (χ3n) is 3.55. The lowest BCUT2D eigenvalue weighted by molar-refractivity contribution is 0.0850. The van der Waals surface area contributed by atoms with Gasteiger partial charge in [-0.05, 0) is 31.0 Å². The Hall–Kier alpha value is -1.42. The van der Waals surface area contributed by atoms with Crippen LogP contribution in [0.4, 0.5) is 4.39 Å². The van der Waals surface area contributed by atoms with Gasteiger partial charge in [0, 0.05) is 17.5 Å². The normalized spacial score (nSPS) is 11.3. The number of hydrogen-bond acceptors (Lipinski definition) is 2. The molecule has 0 aliphatic carbocycles. The third kappa shape index (κ3) is 3.53. The second-order valence-electron chi connectivity index (χ2n) is 4.56. The van der Waals surface area contributed by atoms with E-state index >= 15 is 0 Å². The Labute approximate surface area is 107 Å². The first-order valence-corrected chi connectivity index (χ1v) is 6.21. The number of nitrogens with one attached hydrogen (secondary N) is 1. The maximum atomic E-state index is 13.0. The highest BCUT2D eigenvalue weighted by Gasteiger charge is 2.25. The van der Waals surface area contributed by atoms with Crippen molar-refractivity contribution in [3.05, 3.63) is 35.6 Å². The van der Waals surface area contributed by atoms with Gasteiger partial charge < -0.3 is 10.4 Å². The monoisotopic (exact) mass is 253 g/mol. The third-order valence-corrected chi connectivity index (χ3v) is 3.55. The van der Waals surface area contributed by atoms with Gasteiger partial charge in [0.15, 0.2) is 0 Å². The van der Waals surface area contributed by atoms with E-state index in [1.54, 1.807) is 6.07 Å². The molecule has 0 unspecified atom stereocenters. The van der Waals surface area contributed by atoms with Gasteiger partial charge in [-0.25, -0.2) is 4.39 Å². The van der Waals surface area contributed by atoms with Crippen molar-refractivity contribution >= 4 is 5.91 Å². The number of carbonyl (C=O) groups excluding carboxylic acids is 1. The van der Waals surface area contributed by atoms with Gasteiger partial charge in [0.05, 0.1) is 6.61 Å². The Morgan fingerprint density at radius 3 is 2.56 bits per heavy atom. The molecular weight excluding hydrogens is 233 g/mol. The zero-order valence-corrected chi connectivity index (χ0v) is 10.9. The predicted octanol–water partition coefficient (Wildman–Crippen LogP) is 2.35. The molecule has 0 saturated heterocycles. The molecule has 1 aromatic carbocycles. The first kappa shape index (κ1) is 14.6. The molecule has 0 heterocycles. The summed E-state index contributed by atoms with van der Waals surface area (Å²) in [6.45, 7) is 4.39. The summed E-state index contributed by atoms with van der Waals surface area (Å²) in [5, 5.41) is 12.1. The van der Waals surface area contributed by atoms with E-state index in [9.17, 15) is 14.3 Å². The fraction of sp³-hybridized carbons (Fsp3) is 0.500. The van der Waals surface area contributed by atoms with Gasteiger partial charge in [-0.1, -0.05) is 19.9 Å². The summed E-state index contributed by atoms with van der Waals surface area (Å²) in [5.74, 6) is -0.740.